The maximum atomic E-state index is 5.89. The summed E-state index contributed by atoms with van der Waals surface area (Å²) < 4.78 is 0. The van der Waals surface area contributed by atoms with E-state index >= 15 is 0 Å². The Kier molecular flexibility index (Phi) is 6.36. The average molecular weight is 276 g/mol. The first-order chi connectivity index (χ1) is 8.21. The maximum absolute atomic E-state index is 5.89. The number of hydrogen-bond donors (Lipinski definition) is 1. The van der Waals surface area contributed by atoms with Crippen molar-refractivity contribution < 1.29 is 0 Å². The van der Waals surface area contributed by atoms with E-state index in [1.807, 2.05) is 4.90 Å². The van der Waals surface area contributed by atoms with Crippen LogP contribution >= 0.6 is 23.4 Å². The predicted octanol–water partition coefficient (Wildman–Crippen LogP) is 2.15. The molecule has 1 rings (SSSR count). The molecule has 0 amide bonds. The molecule has 1 aromatic heterocycles. The van der Waals surface area contributed by atoms with Crippen molar-refractivity contribution in [1.29, 1.82) is 0 Å². The molecule has 1 aromatic rings. The number of rotatable bonds is 7. The van der Waals surface area contributed by atoms with E-state index in [-0.39, 0.29) is 5.28 Å². The van der Waals surface area contributed by atoms with Gasteiger partial charge in [0.05, 0.1) is 0 Å². The minimum atomic E-state index is 0.230. The fourth-order valence-electron chi connectivity index (χ4n) is 1.33. The third-order valence-corrected chi connectivity index (χ3v) is 3.01. The van der Waals surface area contributed by atoms with Gasteiger partial charge in [-0.25, -0.2) is 0 Å². The van der Waals surface area contributed by atoms with Gasteiger partial charge in [0.2, 0.25) is 17.2 Å². The molecule has 1 N–H and O–H groups in total. The molecule has 0 aliphatic rings. The molecule has 17 heavy (non-hydrogen) atoms. The lowest BCUT2D eigenvalue weighted by Gasteiger charge is -2.18. The molecule has 0 radical (unpaired) electrons. The van der Waals surface area contributed by atoms with Gasteiger partial charge in [0.25, 0.3) is 0 Å². The van der Waals surface area contributed by atoms with Crippen LogP contribution in [0.2, 0.25) is 5.28 Å². The van der Waals surface area contributed by atoms with E-state index in [1.54, 1.807) is 11.8 Å². The molecule has 7 heteroatoms. The van der Waals surface area contributed by atoms with Gasteiger partial charge in [-0.3, -0.25) is 0 Å². The summed E-state index contributed by atoms with van der Waals surface area (Å²) in [5.41, 5.74) is 0. The largest absolute Gasteiger partial charge is 0.353 e. The molecular formula is C10H18ClN5S. The summed E-state index contributed by atoms with van der Waals surface area (Å²) in [6.45, 7) is 6.63. The summed E-state index contributed by atoms with van der Waals surface area (Å²) in [5.74, 6) is 2.17. The Labute approximate surface area is 111 Å². The summed E-state index contributed by atoms with van der Waals surface area (Å²) in [7, 11) is 0. The molecule has 0 unspecified atom stereocenters. The topological polar surface area (TPSA) is 53.9 Å². The highest BCUT2D eigenvalue weighted by atomic mass is 35.5. The number of anilines is 2. The Bertz CT molecular complexity index is 345. The third kappa shape index (κ3) is 4.55. The van der Waals surface area contributed by atoms with Crippen molar-refractivity contribution in [3.05, 3.63) is 5.28 Å². The molecule has 0 aromatic carbocycles. The molecule has 0 fully saturated rings. The van der Waals surface area contributed by atoms with Gasteiger partial charge in [0.1, 0.15) is 0 Å². The Morgan fingerprint density at radius 3 is 2.53 bits per heavy atom. The zero-order valence-corrected chi connectivity index (χ0v) is 12.0. The predicted molar refractivity (Wildman–Crippen MR) is 75.3 cm³/mol. The highest BCUT2D eigenvalue weighted by molar-refractivity contribution is 7.98. The molecule has 96 valence electrons. The second-order valence-corrected chi connectivity index (χ2v) is 4.64. The molecule has 0 bridgehead atoms. The third-order valence-electron chi connectivity index (χ3n) is 2.23. The molecule has 1 heterocycles. The van der Waals surface area contributed by atoms with E-state index in [0.717, 1.165) is 25.4 Å². The summed E-state index contributed by atoms with van der Waals surface area (Å²) in [6.07, 6.45) is 2.06. The van der Waals surface area contributed by atoms with Crippen molar-refractivity contribution in [2.24, 2.45) is 0 Å². The smallest absolute Gasteiger partial charge is 0.231 e. The van der Waals surface area contributed by atoms with Crippen LogP contribution in [0, 0.1) is 0 Å². The normalized spacial score (nSPS) is 10.4. The van der Waals surface area contributed by atoms with E-state index in [2.05, 4.69) is 40.4 Å². The summed E-state index contributed by atoms with van der Waals surface area (Å²) in [6, 6.07) is 0. The highest BCUT2D eigenvalue weighted by Gasteiger charge is 2.09. The second-order valence-electron chi connectivity index (χ2n) is 3.32. The van der Waals surface area contributed by atoms with Gasteiger partial charge < -0.3 is 10.2 Å². The van der Waals surface area contributed by atoms with Crippen LogP contribution in [0.25, 0.3) is 0 Å². The molecular weight excluding hydrogens is 258 g/mol. The van der Waals surface area contributed by atoms with Crippen LogP contribution in [-0.4, -0.2) is 46.6 Å². The zero-order chi connectivity index (χ0) is 12.7. The fraction of sp³-hybridized carbons (Fsp3) is 0.700. The Morgan fingerprint density at radius 2 is 1.94 bits per heavy atom. The Hall–Kier alpha value is -0.750. The summed E-state index contributed by atoms with van der Waals surface area (Å²) >= 11 is 7.65. The first-order valence-corrected chi connectivity index (χ1v) is 7.37. The maximum Gasteiger partial charge on any atom is 0.231 e. The Balaban J connectivity index is 2.78. The monoisotopic (exact) mass is 275 g/mol. The number of thioether (sulfide) groups is 1. The molecule has 0 saturated carbocycles. The van der Waals surface area contributed by atoms with Crippen LogP contribution in [0.3, 0.4) is 0 Å². The minimum absolute atomic E-state index is 0.230. The van der Waals surface area contributed by atoms with Crippen LogP contribution in [0.1, 0.15) is 13.8 Å². The summed E-state index contributed by atoms with van der Waals surface area (Å²) in [5, 5.41) is 3.37. The standard InChI is InChI=1S/C10H18ClN5S/c1-4-16(5-2)10-14-8(11)13-9(15-10)12-6-7-17-3/h4-7H2,1-3H3,(H,12,13,14,15). The van der Waals surface area contributed by atoms with Crippen molar-refractivity contribution in [3.8, 4) is 0 Å². The van der Waals surface area contributed by atoms with E-state index in [9.17, 15) is 0 Å². The van der Waals surface area contributed by atoms with Crippen molar-refractivity contribution >= 4 is 35.3 Å². The molecule has 0 atom stereocenters. The number of hydrogen-bond acceptors (Lipinski definition) is 6. The van der Waals surface area contributed by atoms with Gasteiger partial charge in [-0.1, -0.05) is 0 Å². The van der Waals surface area contributed by atoms with Crippen molar-refractivity contribution in [3.63, 3.8) is 0 Å². The SMILES string of the molecule is CCN(CC)c1nc(Cl)nc(NCCSC)n1. The van der Waals surface area contributed by atoms with Crippen LogP contribution in [0.4, 0.5) is 11.9 Å². The van der Waals surface area contributed by atoms with Gasteiger partial charge in [0.15, 0.2) is 0 Å². The highest BCUT2D eigenvalue weighted by Crippen LogP contribution is 2.13. The van der Waals surface area contributed by atoms with Crippen LogP contribution < -0.4 is 10.2 Å². The molecule has 0 aliphatic heterocycles. The van der Waals surface area contributed by atoms with Gasteiger partial charge in [-0.05, 0) is 31.7 Å². The van der Waals surface area contributed by atoms with Crippen LogP contribution in [0.5, 0.6) is 0 Å². The van der Waals surface area contributed by atoms with E-state index in [4.69, 9.17) is 11.6 Å². The number of aromatic nitrogens is 3. The van der Waals surface area contributed by atoms with Gasteiger partial charge >= 0.3 is 0 Å². The molecule has 5 nitrogen and oxygen atoms in total. The second kappa shape index (κ2) is 7.55. The van der Waals surface area contributed by atoms with Gasteiger partial charge in [0, 0.05) is 25.4 Å². The zero-order valence-electron chi connectivity index (χ0n) is 10.4. The average Bonchev–Trinajstić information content (AvgIpc) is 2.30. The Morgan fingerprint density at radius 1 is 1.24 bits per heavy atom. The van der Waals surface area contributed by atoms with Crippen molar-refractivity contribution in [2.75, 3.05) is 41.9 Å². The first kappa shape index (κ1) is 14.3. The minimum Gasteiger partial charge on any atom is -0.353 e. The van der Waals surface area contributed by atoms with Gasteiger partial charge in [-0.15, -0.1) is 0 Å². The number of nitrogens with one attached hydrogen (secondary N) is 1. The number of nitrogens with zero attached hydrogens (tertiary/aromatic N) is 4. The van der Waals surface area contributed by atoms with E-state index in [1.165, 1.54) is 0 Å². The lowest BCUT2D eigenvalue weighted by atomic mass is 10.5. The molecule has 0 aliphatic carbocycles. The lowest BCUT2D eigenvalue weighted by Crippen LogP contribution is -2.25. The molecule has 0 saturated heterocycles. The van der Waals surface area contributed by atoms with E-state index in [0.29, 0.717) is 11.9 Å². The fourth-order valence-corrected chi connectivity index (χ4v) is 1.79. The van der Waals surface area contributed by atoms with Gasteiger partial charge in [-0.2, -0.15) is 26.7 Å². The van der Waals surface area contributed by atoms with Crippen LogP contribution in [-0.2, 0) is 0 Å². The first-order valence-electron chi connectivity index (χ1n) is 5.60. The number of halogens is 1. The summed E-state index contributed by atoms with van der Waals surface area (Å²) in [4.78, 5) is 14.6. The van der Waals surface area contributed by atoms with Crippen molar-refractivity contribution in [1.82, 2.24) is 15.0 Å². The van der Waals surface area contributed by atoms with Crippen LogP contribution in [0.15, 0.2) is 0 Å². The van der Waals surface area contributed by atoms with Crippen molar-refractivity contribution in [2.45, 2.75) is 13.8 Å². The van der Waals surface area contributed by atoms with E-state index < -0.39 is 0 Å². The lowest BCUT2D eigenvalue weighted by molar-refractivity contribution is 0.812. The quantitative estimate of drug-likeness (QED) is 0.770. The molecule has 0 spiro atoms.